The SMILES string of the molecule is C[C@@H]1Cc2cc(C(=O)N3CCN(C(c4ccccc4)c4ccccc4)CC3)ccc2N1S(=O)(=O)c1ccccc1. The number of piperazine rings is 1. The summed E-state index contributed by atoms with van der Waals surface area (Å²) in [7, 11) is -3.68. The molecule has 0 N–H and O–H groups in total. The molecule has 7 heteroatoms. The van der Waals surface area contributed by atoms with E-state index in [9.17, 15) is 13.2 Å². The van der Waals surface area contributed by atoms with Gasteiger partial charge in [0.05, 0.1) is 16.6 Å². The number of amides is 1. The molecule has 0 radical (unpaired) electrons. The van der Waals surface area contributed by atoms with Crippen LogP contribution in [0.25, 0.3) is 0 Å². The van der Waals surface area contributed by atoms with Gasteiger partial charge >= 0.3 is 0 Å². The van der Waals surface area contributed by atoms with E-state index in [0.717, 1.165) is 18.7 Å². The second-order valence-corrected chi connectivity index (χ2v) is 12.4. The predicted molar refractivity (Wildman–Crippen MR) is 158 cm³/mol. The van der Waals surface area contributed by atoms with Crippen molar-refractivity contribution in [3.8, 4) is 0 Å². The lowest BCUT2D eigenvalue weighted by atomic mass is 9.96. The number of anilines is 1. The van der Waals surface area contributed by atoms with E-state index in [1.54, 1.807) is 36.4 Å². The highest BCUT2D eigenvalue weighted by atomic mass is 32.2. The molecule has 0 spiro atoms. The summed E-state index contributed by atoms with van der Waals surface area (Å²) < 4.78 is 28.3. The monoisotopic (exact) mass is 551 g/mol. The fourth-order valence-corrected chi connectivity index (χ4v) is 7.77. The van der Waals surface area contributed by atoms with Gasteiger partial charge in [0.15, 0.2) is 0 Å². The molecule has 2 aliphatic rings. The van der Waals surface area contributed by atoms with E-state index in [1.807, 2.05) is 36.1 Å². The van der Waals surface area contributed by atoms with E-state index in [2.05, 4.69) is 53.4 Å². The summed E-state index contributed by atoms with van der Waals surface area (Å²) in [6.07, 6.45) is 0.576. The lowest BCUT2D eigenvalue weighted by Gasteiger charge is -2.40. The maximum atomic E-state index is 13.6. The third-order valence-electron chi connectivity index (χ3n) is 7.98. The molecule has 0 saturated carbocycles. The molecule has 1 amide bonds. The number of nitrogens with zero attached hydrogens (tertiary/aromatic N) is 3. The van der Waals surface area contributed by atoms with Crippen molar-refractivity contribution in [3.63, 3.8) is 0 Å². The van der Waals surface area contributed by atoms with Crippen molar-refractivity contribution in [1.82, 2.24) is 9.80 Å². The maximum absolute atomic E-state index is 13.6. The van der Waals surface area contributed by atoms with E-state index < -0.39 is 10.0 Å². The molecule has 40 heavy (non-hydrogen) atoms. The number of benzene rings is 4. The molecule has 1 fully saturated rings. The van der Waals surface area contributed by atoms with Crippen LogP contribution in [-0.2, 0) is 16.4 Å². The molecule has 0 aromatic heterocycles. The van der Waals surface area contributed by atoms with Gasteiger partial charge in [0, 0.05) is 37.8 Å². The quantitative estimate of drug-likeness (QED) is 0.323. The Labute approximate surface area is 236 Å². The molecule has 1 atom stereocenters. The molecule has 6 rings (SSSR count). The topological polar surface area (TPSA) is 60.9 Å². The Morgan fingerprint density at radius 1 is 0.750 bits per heavy atom. The van der Waals surface area contributed by atoms with Crippen molar-refractivity contribution in [2.75, 3.05) is 30.5 Å². The number of carbonyl (C=O) groups is 1. The van der Waals surface area contributed by atoms with Gasteiger partial charge in [-0.25, -0.2) is 8.42 Å². The van der Waals surface area contributed by atoms with Crippen molar-refractivity contribution in [1.29, 1.82) is 0 Å². The lowest BCUT2D eigenvalue weighted by Crippen LogP contribution is -2.49. The van der Waals surface area contributed by atoms with Crippen molar-refractivity contribution in [2.24, 2.45) is 0 Å². The van der Waals surface area contributed by atoms with E-state index in [4.69, 9.17) is 0 Å². The molecule has 2 heterocycles. The van der Waals surface area contributed by atoms with Crippen molar-refractivity contribution in [3.05, 3.63) is 131 Å². The molecule has 4 aromatic carbocycles. The number of hydrogen-bond acceptors (Lipinski definition) is 4. The fraction of sp³-hybridized carbons (Fsp3) is 0.242. The summed E-state index contributed by atoms with van der Waals surface area (Å²) in [5, 5.41) is 0. The maximum Gasteiger partial charge on any atom is 0.264 e. The van der Waals surface area contributed by atoms with Crippen LogP contribution >= 0.6 is 0 Å². The third-order valence-corrected chi connectivity index (χ3v) is 9.92. The third kappa shape index (κ3) is 4.91. The summed E-state index contributed by atoms with van der Waals surface area (Å²) in [6.45, 7) is 4.72. The molecule has 2 aliphatic heterocycles. The van der Waals surface area contributed by atoms with Gasteiger partial charge in [0.1, 0.15) is 0 Å². The highest BCUT2D eigenvalue weighted by Gasteiger charge is 2.37. The van der Waals surface area contributed by atoms with Crippen molar-refractivity contribution < 1.29 is 13.2 Å². The molecule has 0 aliphatic carbocycles. The average molecular weight is 552 g/mol. The van der Waals surface area contributed by atoms with Crippen LogP contribution in [0, 0.1) is 0 Å². The minimum atomic E-state index is -3.68. The zero-order valence-electron chi connectivity index (χ0n) is 22.6. The van der Waals surface area contributed by atoms with Crippen LogP contribution in [0.5, 0.6) is 0 Å². The van der Waals surface area contributed by atoms with Gasteiger partial charge in [0.2, 0.25) is 0 Å². The first kappa shape index (κ1) is 26.3. The minimum Gasteiger partial charge on any atom is -0.336 e. The largest absolute Gasteiger partial charge is 0.336 e. The molecule has 6 nitrogen and oxygen atoms in total. The van der Waals surface area contributed by atoms with Gasteiger partial charge < -0.3 is 4.90 Å². The number of hydrogen-bond donors (Lipinski definition) is 0. The van der Waals surface area contributed by atoms with E-state index in [0.29, 0.717) is 30.8 Å². The van der Waals surface area contributed by atoms with Gasteiger partial charge in [-0.3, -0.25) is 14.0 Å². The number of rotatable bonds is 6. The zero-order valence-corrected chi connectivity index (χ0v) is 23.4. The molecule has 0 unspecified atom stereocenters. The van der Waals surface area contributed by atoms with Crippen LogP contribution in [0.4, 0.5) is 5.69 Å². The fourth-order valence-electron chi connectivity index (χ4n) is 6.06. The summed E-state index contributed by atoms with van der Waals surface area (Å²) >= 11 is 0. The first-order chi connectivity index (χ1) is 19.4. The van der Waals surface area contributed by atoms with Crippen LogP contribution in [0.1, 0.15) is 40.0 Å². The normalized spacial score (nSPS) is 17.7. The number of fused-ring (bicyclic) bond motifs is 1. The van der Waals surface area contributed by atoms with E-state index >= 15 is 0 Å². The number of sulfonamides is 1. The van der Waals surface area contributed by atoms with Crippen LogP contribution in [0.2, 0.25) is 0 Å². The first-order valence-electron chi connectivity index (χ1n) is 13.8. The second kappa shape index (κ2) is 10.9. The van der Waals surface area contributed by atoms with E-state index in [-0.39, 0.29) is 22.9 Å². The van der Waals surface area contributed by atoms with Crippen LogP contribution < -0.4 is 4.31 Å². The van der Waals surface area contributed by atoms with E-state index in [1.165, 1.54) is 15.4 Å². The van der Waals surface area contributed by atoms with Crippen LogP contribution in [0.15, 0.2) is 114 Å². The number of carbonyl (C=O) groups excluding carboxylic acids is 1. The van der Waals surface area contributed by atoms with Gasteiger partial charge in [-0.2, -0.15) is 0 Å². The molecule has 4 aromatic rings. The zero-order chi connectivity index (χ0) is 27.7. The highest BCUT2D eigenvalue weighted by Crippen LogP contribution is 2.37. The van der Waals surface area contributed by atoms with Crippen LogP contribution in [-0.4, -0.2) is 56.3 Å². The summed E-state index contributed by atoms with van der Waals surface area (Å²) in [5.74, 6) is -0.00422. The Morgan fingerprint density at radius 3 is 1.88 bits per heavy atom. The second-order valence-electron chi connectivity index (χ2n) is 10.6. The summed E-state index contributed by atoms with van der Waals surface area (Å²) in [6, 6.07) is 34.9. The molecular formula is C33H33N3O3S. The Morgan fingerprint density at radius 2 is 1.30 bits per heavy atom. The van der Waals surface area contributed by atoms with Gasteiger partial charge in [-0.05, 0) is 60.4 Å². The van der Waals surface area contributed by atoms with Crippen molar-refractivity contribution in [2.45, 2.75) is 30.3 Å². The van der Waals surface area contributed by atoms with Gasteiger partial charge in [-0.1, -0.05) is 78.9 Å². The Bertz CT molecular complexity index is 1550. The molecule has 204 valence electrons. The summed E-state index contributed by atoms with van der Waals surface area (Å²) in [4.78, 5) is 18.2. The minimum absolute atomic E-state index is 0.00422. The Kier molecular flexibility index (Phi) is 7.17. The highest BCUT2D eigenvalue weighted by molar-refractivity contribution is 7.92. The molecular weight excluding hydrogens is 518 g/mol. The molecule has 0 bridgehead atoms. The summed E-state index contributed by atoms with van der Waals surface area (Å²) in [5.41, 5.74) is 4.66. The lowest BCUT2D eigenvalue weighted by molar-refractivity contribution is 0.0597. The molecule has 1 saturated heterocycles. The first-order valence-corrected chi connectivity index (χ1v) is 15.2. The van der Waals surface area contributed by atoms with Crippen molar-refractivity contribution >= 4 is 21.6 Å². The average Bonchev–Trinajstić information content (AvgIpc) is 3.34. The smallest absolute Gasteiger partial charge is 0.264 e. The standard InChI is InChI=1S/C33H33N3O3S/c1-25-23-29-24-28(17-18-31(29)36(25)40(38,39)30-15-9-4-10-16-30)33(37)35-21-19-34(20-22-35)32(26-11-5-2-6-12-26)27-13-7-3-8-14-27/h2-18,24-25,32H,19-23H2,1H3/t25-/m1/s1. The Balaban J connectivity index is 1.19. The Hall–Kier alpha value is -3.94. The van der Waals surface area contributed by atoms with Gasteiger partial charge in [0.25, 0.3) is 15.9 Å². The van der Waals surface area contributed by atoms with Crippen LogP contribution in [0.3, 0.4) is 0 Å². The van der Waals surface area contributed by atoms with Gasteiger partial charge in [-0.15, -0.1) is 0 Å². The predicted octanol–water partition coefficient (Wildman–Crippen LogP) is 5.37.